The molecule has 2 aromatic rings. The topological polar surface area (TPSA) is 55.8 Å². The van der Waals surface area contributed by atoms with Crippen molar-refractivity contribution in [3.05, 3.63) is 59.2 Å². The Labute approximate surface area is 166 Å². The molecule has 0 saturated carbocycles. The molecule has 1 saturated heterocycles. The minimum Gasteiger partial charge on any atom is -0.496 e. The maximum absolute atomic E-state index is 12.6. The van der Waals surface area contributed by atoms with Crippen LogP contribution in [0.3, 0.4) is 0 Å². The molecule has 28 heavy (non-hydrogen) atoms. The average molecular weight is 381 g/mol. The highest BCUT2D eigenvalue weighted by Crippen LogP contribution is 2.35. The third-order valence-corrected chi connectivity index (χ3v) is 5.27. The number of benzene rings is 2. The second-order valence-electron chi connectivity index (χ2n) is 8.15. The molecule has 1 heterocycles. The van der Waals surface area contributed by atoms with Crippen LogP contribution in [-0.2, 0) is 14.9 Å². The summed E-state index contributed by atoms with van der Waals surface area (Å²) in [4.78, 5) is 26.3. The third kappa shape index (κ3) is 3.88. The third-order valence-electron chi connectivity index (χ3n) is 5.27. The van der Waals surface area contributed by atoms with Gasteiger partial charge in [0.05, 0.1) is 14.2 Å². The summed E-state index contributed by atoms with van der Waals surface area (Å²) in [7, 11) is 2.86. The summed E-state index contributed by atoms with van der Waals surface area (Å²) in [5.74, 6) is 0.177. The molecule has 0 spiro atoms. The van der Waals surface area contributed by atoms with Crippen LogP contribution in [-0.4, -0.2) is 32.6 Å². The Morgan fingerprint density at radius 3 is 2.32 bits per heavy atom. The van der Waals surface area contributed by atoms with E-state index < -0.39 is 5.97 Å². The predicted octanol–water partition coefficient (Wildman–Crippen LogP) is 4.30. The van der Waals surface area contributed by atoms with E-state index in [1.165, 1.54) is 19.8 Å². The largest absolute Gasteiger partial charge is 0.496 e. The van der Waals surface area contributed by atoms with Crippen molar-refractivity contribution in [1.29, 1.82) is 0 Å². The van der Waals surface area contributed by atoms with Gasteiger partial charge in [-0.3, -0.25) is 4.79 Å². The molecule has 1 aliphatic rings. The molecule has 0 N–H and O–H groups in total. The zero-order valence-corrected chi connectivity index (χ0v) is 17.1. The predicted molar refractivity (Wildman–Crippen MR) is 109 cm³/mol. The Kier molecular flexibility index (Phi) is 5.45. The number of nitrogens with zero attached hydrogens (tertiary/aromatic N) is 1. The van der Waals surface area contributed by atoms with Crippen molar-refractivity contribution in [3.8, 4) is 5.75 Å². The van der Waals surface area contributed by atoms with Crippen LogP contribution in [0.15, 0.2) is 42.5 Å². The lowest BCUT2D eigenvalue weighted by Crippen LogP contribution is -2.24. The van der Waals surface area contributed by atoms with Crippen molar-refractivity contribution < 1.29 is 19.1 Å². The van der Waals surface area contributed by atoms with Crippen LogP contribution in [0.2, 0.25) is 0 Å². The highest BCUT2D eigenvalue weighted by atomic mass is 16.5. The van der Waals surface area contributed by atoms with Gasteiger partial charge in [0.1, 0.15) is 11.3 Å². The highest BCUT2D eigenvalue weighted by molar-refractivity contribution is 5.97. The molecule has 2 aromatic carbocycles. The quantitative estimate of drug-likeness (QED) is 0.741. The number of amides is 1. The molecule has 3 rings (SSSR count). The maximum atomic E-state index is 12.6. The summed E-state index contributed by atoms with van der Waals surface area (Å²) < 4.78 is 10.1. The molecule has 1 aliphatic heterocycles. The molecule has 0 bridgehead atoms. The van der Waals surface area contributed by atoms with Gasteiger partial charge in [0.2, 0.25) is 5.91 Å². The van der Waals surface area contributed by atoms with Gasteiger partial charge >= 0.3 is 5.97 Å². The van der Waals surface area contributed by atoms with Gasteiger partial charge in [0.25, 0.3) is 0 Å². The summed E-state index contributed by atoms with van der Waals surface area (Å²) in [5, 5.41) is 0. The minimum atomic E-state index is -0.438. The van der Waals surface area contributed by atoms with Crippen LogP contribution in [0, 0.1) is 0 Å². The fourth-order valence-corrected chi connectivity index (χ4v) is 3.56. The number of methoxy groups -OCH3 is 2. The number of hydrogen-bond acceptors (Lipinski definition) is 4. The van der Waals surface area contributed by atoms with E-state index in [0.29, 0.717) is 24.3 Å². The van der Waals surface area contributed by atoms with E-state index in [9.17, 15) is 9.59 Å². The van der Waals surface area contributed by atoms with Crippen molar-refractivity contribution in [1.82, 2.24) is 0 Å². The van der Waals surface area contributed by atoms with Gasteiger partial charge in [-0.15, -0.1) is 0 Å². The van der Waals surface area contributed by atoms with Gasteiger partial charge < -0.3 is 14.4 Å². The second kappa shape index (κ2) is 7.66. The molecule has 0 unspecified atom stereocenters. The zero-order valence-electron chi connectivity index (χ0n) is 17.1. The number of rotatable bonds is 4. The Hall–Kier alpha value is -2.82. The molecule has 0 radical (unpaired) electrons. The number of carbonyl (C=O) groups excluding carboxylic acids is 2. The van der Waals surface area contributed by atoms with Gasteiger partial charge in [0, 0.05) is 24.6 Å². The fourth-order valence-electron chi connectivity index (χ4n) is 3.56. The molecule has 5 heteroatoms. The molecule has 1 atom stereocenters. The zero-order chi connectivity index (χ0) is 20.5. The SMILES string of the molecule is COC(=O)c1ccc([C@@H]2CC(=O)N(c3ccc(C(C)(C)C)cc3)C2)cc1OC. The van der Waals surface area contributed by atoms with Gasteiger partial charge in [-0.1, -0.05) is 39.0 Å². The van der Waals surface area contributed by atoms with E-state index in [1.54, 1.807) is 6.07 Å². The normalized spacial score (nSPS) is 17.0. The first-order valence-corrected chi connectivity index (χ1v) is 9.41. The van der Waals surface area contributed by atoms with Crippen molar-refractivity contribution in [2.75, 3.05) is 25.7 Å². The number of anilines is 1. The number of esters is 1. The summed E-state index contributed by atoms with van der Waals surface area (Å²) in [6.45, 7) is 7.12. The highest BCUT2D eigenvalue weighted by Gasteiger charge is 2.32. The monoisotopic (exact) mass is 381 g/mol. The summed E-state index contributed by atoms with van der Waals surface area (Å²) >= 11 is 0. The minimum absolute atomic E-state index is 0.0513. The second-order valence-corrected chi connectivity index (χ2v) is 8.15. The van der Waals surface area contributed by atoms with Gasteiger partial charge in [0.15, 0.2) is 0 Å². The number of carbonyl (C=O) groups is 2. The molecule has 5 nitrogen and oxygen atoms in total. The van der Waals surface area contributed by atoms with Gasteiger partial charge in [-0.25, -0.2) is 4.79 Å². The van der Waals surface area contributed by atoms with E-state index >= 15 is 0 Å². The first-order valence-electron chi connectivity index (χ1n) is 9.41. The van der Waals surface area contributed by atoms with Crippen molar-refractivity contribution in [3.63, 3.8) is 0 Å². The van der Waals surface area contributed by atoms with Crippen LogP contribution in [0.5, 0.6) is 5.75 Å². The van der Waals surface area contributed by atoms with Crippen LogP contribution in [0.1, 0.15) is 54.6 Å². The number of hydrogen-bond donors (Lipinski definition) is 0. The Morgan fingerprint density at radius 1 is 1.07 bits per heavy atom. The lowest BCUT2D eigenvalue weighted by Gasteiger charge is -2.22. The average Bonchev–Trinajstić information content (AvgIpc) is 3.08. The van der Waals surface area contributed by atoms with E-state index in [-0.39, 0.29) is 17.2 Å². The Morgan fingerprint density at radius 2 is 1.75 bits per heavy atom. The van der Waals surface area contributed by atoms with E-state index in [0.717, 1.165) is 11.3 Å². The van der Waals surface area contributed by atoms with Crippen LogP contribution in [0.25, 0.3) is 0 Å². The Balaban J connectivity index is 1.82. The summed E-state index contributed by atoms with van der Waals surface area (Å²) in [5.41, 5.74) is 3.59. The molecule has 0 aromatic heterocycles. The lowest BCUT2D eigenvalue weighted by molar-refractivity contribution is -0.117. The summed E-state index contributed by atoms with van der Waals surface area (Å²) in [6, 6.07) is 13.6. The first kappa shape index (κ1) is 19.9. The summed E-state index contributed by atoms with van der Waals surface area (Å²) in [6.07, 6.45) is 0.432. The molecule has 1 fully saturated rings. The molecule has 1 amide bonds. The van der Waals surface area contributed by atoms with Crippen molar-refractivity contribution in [2.45, 2.75) is 38.5 Å². The van der Waals surface area contributed by atoms with E-state index in [1.807, 2.05) is 29.2 Å². The first-order chi connectivity index (χ1) is 13.2. The molecule has 148 valence electrons. The van der Waals surface area contributed by atoms with E-state index in [2.05, 4.69) is 32.9 Å². The van der Waals surface area contributed by atoms with Crippen LogP contribution >= 0.6 is 0 Å². The molecule has 0 aliphatic carbocycles. The van der Waals surface area contributed by atoms with Crippen LogP contribution in [0.4, 0.5) is 5.69 Å². The fraction of sp³-hybridized carbons (Fsp3) is 0.391. The Bertz CT molecular complexity index is 880. The molecular formula is C23H27NO4. The van der Waals surface area contributed by atoms with E-state index in [4.69, 9.17) is 9.47 Å². The molecular weight excluding hydrogens is 354 g/mol. The smallest absolute Gasteiger partial charge is 0.341 e. The van der Waals surface area contributed by atoms with Gasteiger partial charge in [-0.05, 0) is 40.8 Å². The lowest BCUT2D eigenvalue weighted by atomic mass is 9.87. The van der Waals surface area contributed by atoms with Crippen molar-refractivity contribution in [2.24, 2.45) is 0 Å². The van der Waals surface area contributed by atoms with Crippen LogP contribution < -0.4 is 9.64 Å². The van der Waals surface area contributed by atoms with Crippen molar-refractivity contribution >= 4 is 17.6 Å². The van der Waals surface area contributed by atoms with Gasteiger partial charge in [-0.2, -0.15) is 0 Å². The maximum Gasteiger partial charge on any atom is 0.341 e. The standard InChI is InChI=1S/C23H27NO4/c1-23(2,3)17-7-9-18(10-8-17)24-14-16(13-21(24)25)15-6-11-19(22(26)28-5)20(12-15)27-4/h6-12,16H,13-14H2,1-5H3/t16-/m1/s1. The number of ether oxygens (including phenoxy) is 2.